The summed E-state index contributed by atoms with van der Waals surface area (Å²) in [6.45, 7) is 6.78. The van der Waals surface area contributed by atoms with Gasteiger partial charge in [0.05, 0.1) is 33.8 Å². The van der Waals surface area contributed by atoms with Gasteiger partial charge in [-0.15, -0.1) is 0 Å². The van der Waals surface area contributed by atoms with E-state index >= 15 is 0 Å². The maximum Gasteiger partial charge on any atom is 0.472 e. The van der Waals surface area contributed by atoms with Crippen molar-refractivity contribution in [2.75, 3.05) is 40.9 Å². The van der Waals surface area contributed by atoms with Crippen LogP contribution in [0.2, 0.25) is 0 Å². The summed E-state index contributed by atoms with van der Waals surface area (Å²) in [5, 5.41) is 3.01. The fraction of sp³-hybridized carbons (Fsp3) is 0.656. The molecule has 0 aliphatic rings. The molecule has 0 fully saturated rings. The third kappa shape index (κ3) is 53.2. The fourth-order valence-electron chi connectivity index (χ4n) is 7.62. The van der Waals surface area contributed by atoms with E-state index in [0.29, 0.717) is 23.9 Å². The summed E-state index contributed by atoms with van der Waals surface area (Å²) >= 11 is 0. The van der Waals surface area contributed by atoms with Gasteiger partial charge in [0.25, 0.3) is 0 Å². The molecule has 0 aromatic heterocycles. The number of carbonyl (C=O) groups excluding carboxylic acids is 2. The second-order valence-corrected chi connectivity index (χ2v) is 21.9. The molecule has 9 nitrogen and oxygen atoms in total. The molecule has 1 amide bonds. The highest BCUT2D eigenvalue weighted by Gasteiger charge is 2.30. The van der Waals surface area contributed by atoms with Gasteiger partial charge in [0.1, 0.15) is 19.3 Å². The molecule has 74 heavy (non-hydrogen) atoms. The number of esters is 1. The maximum absolute atomic E-state index is 13.5. The van der Waals surface area contributed by atoms with Crippen molar-refractivity contribution in [1.29, 1.82) is 0 Å². The van der Waals surface area contributed by atoms with Crippen LogP contribution in [-0.4, -0.2) is 74.3 Å². The normalized spacial score (nSPS) is 14.6. The average Bonchev–Trinajstić information content (AvgIpc) is 3.36. The van der Waals surface area contributed by atoms with Crippen molar-refractivity contribution in [3.8, 4) is 0 Å². The topological polar surface area (TPSA) is 111 Å². The average molecular weight is 1050 g/mol. The van der Waals surface area contributed by atoms with Gasteiger partial charge in [-0.3, -0.25) is 18.6 Å². The van der Waals surface area contributed by atoms with Gasteiger partial charge in [-0.1, -0.05) is 220 Å². The van der Waals surface area contributed by atoms with E-state index in [-0.39, 0.29) is 32.0 Å². The number of hydrogen-bond donors (Lipinski definition) is 2. The number of hydrogen-bond acceptors (Lipinski definition) is 6. The van der Waals surface area contributed by atoms with Crippen molar-refractivity contribution in [2.45, 2.75) is 232 Å². The SMILES string of the molecule is CC/C=C\C/C=C\C/C=C\C/C=C\C/C=C\C/C=C\CCC(=O)OC(/C=C/CCCCCCCCCCCC)C(COP(=O)(O)OCC[N+](C)(C)C)NC(=O)CCCCCC/C=C\C/C=C\C/C=C\CCCCC. The van der Waals surface area contributed by atoms with Crippen molar-refractivity contribution in [3.05, 3.63) is 122 Å². The number of phosphoric ester groups is 1. The van der Waals surface area contributed by atoms with Crippen LogP contribution in [0.1, 0.15) is 220 Å². The van der Waals surface area contributed by atoms with Crippen LogP contribution in [0, 0.1) is 0 Å². The van der Waals surface area contributed by atoms with Crippen molar-refractivity contribution < 1.29 is 37.3 Å². The van der Waals surface area contributed by atoms with Crippen LogP contribution >= 0.6 is 7.82 Å². The van der Waals surface area contributed by atoms with E-state index in [9.17, 15) is 19.0 Å². The van der Waals surface area contributed by atoms with E-state index in [4.69, 9.17) is 13.8 Å². The third-order valence-electron chi connectivity index (χ3n) is 12.1. The van der Waals surface area contributed by atoms with Gasteiger partial charge in [-0.25, -0.2) is 4.57 Å². The Kier molecular flexibility index (Phi) is 50.3. The van der Waals surface area contributed by atoms with Crippen LogP contribution in [-0.2, 0) is 27.9 Å². The van der Waals surface area contributed by atoms with E-state index < -0.39 is 25.9 Å². The summed E-state index contributed by atoms with van der Waals surface area (Å²) in [6.07, 6.45) is 73.5. The molecule has 3 unspecified atom stereocenters. The predicted octanol–water partition coefficient (Wildman–Crippen LogP) is 17.9. The molecule has 0 aliphatic carbocycles. The summed E-state index contributed by atoms with van der Waals surface area (Å²) in [4.78, 5) is 37.6. The number of likely N-dealkylation sites (N-methyl/N-ethyl adjacent to an activating group) is 1. The first-order chi connectivity index (χ1) is 35.9. The molecule has 0 spiro atoms. The highest BCUT2D eigenvalue weighted by atomic mass is 31.2. The lowest BCUT2D eigenvalue weighted by atomic mass is 10.1. The first-order valence-electron chi connectivity index (χ1n) is 29.4. The lowest BCUT2D eigenvalue weighted by Gasteiger charge is -2.27. The van der Waals surface area contributed by atoms with Gasteiger partial charge in [0.15, 0.2) is 0 Å². The molecule has 0 heterocycles. The molecule has 0 bridgehead atoms. The van der Waals surface area contributed by atoms with Crippen LogP contribution in [0.15, 0.2) is 122 Å². The molecule has 10 heteroatoms. The molecule has 0 rings (SSSR count). The zero-order chi connectivity index (χ0) is 54.3. The smallest absolute Gasteiger partial charge is 0.456 e. The summed E-state index contributed by atoms with van der Waals surface area (Å²) in [5.74, 6) is -0.638. The van der Waals surface area contributed by atoms with Gasteiger partial charge >= 0.3 is 13.8 Å². The minimum Gasteiger partial charge on any atom is -0.456 e. The minimum absolute atomic E-state index is 0.0179. The Balaban J connectivity index is 5.50. The highest BCUT2D eigenvalue weighted by Crippen LogP contribution is 2.43. The fourth-order valence-corrected chi connectivity index (χ4v) is 8.35. The number of allylic oxidation sites excluding steroid dienone is 19. The molecule has 0 saturated carbocycles. The largest absolute Gasteiger partial charge is 0.472 e. The van der Waals surface area contributed by atoms with Crippen molar-refractivity contribution in [2.24, 2.45) is 0 Å². The van der Waals surface area contributed by atoms with Gasteiger partial charge in [0, 0.05) is 12.8 Å². The second kappa shape index (κ2) is 52.8. The van der Waals surface area contributed by atoms with Crippen LogP contribution < -0.4 is 5.32 Å². The number of ether oxygens (including phenoxy) is 1. The molecular weight excluding hydrogens is 940 g/mol. The Morgan fingerprint density at radius 2 is 0.878 bits per heavy atom. The van der Waals surface area contributed by atoms with Crippen LogP contribution in [0.4, 0.5) is 0 Å². The van der Waals surface area contributed by atoms with Crippen molar-refractivity contribution in [3.63, 3.8) is 0 Å². The molecule has 0 saturated heterocycles. The first kappa shape index (κ1) is 70.4. The third-order valence-corrected chi connectivity index (χ3v) is 13.1. The molecular formula is C64H110N2O7P+. The van der Waals surface area contributed by atoms with Crippen molar-refractivity contribution >= 4 is 19.7 Å². The Morgan fingerprint density at radius 1 is 0.486 bits per heavy atom. The minimum atomic E-state index is -4.48. The molecule has 422 valence electrons. The van der Waals surface area contributed by atoms with Crippen LogP contribution in [0.25, 0.3) is 0 Å². The number of quaternary nitrogens is 1. The summed E-state index contributed by atoms with van der Waals surface area (Å²) < 4.78 is 30.5. The number of amides is 1. The highest BCUT2D eigenvalue weighted by molar-refractivity contribution is 7.47. The van der Waals surface area contributed by atoms with E-state index in [1.54, 1.807) is 0 Å². The van der Waals surface area contributed by atoms with E-state index in [2.05, 4.69) is 123 Å². The lowest BCUT2D eigenvalue weighted by molar-refractivity contribution is -0.870. The van der Waals surface area contributed by atoms with E-state index in [0.717, 1.165) is 96.3 Å². The van der Waals surface area contributed by atoms with Crippen LogP contribution in [0.5, 0.6) is 0 Å². The van der Waals surface area contributed by atoms with Crippen LogP contribution in [0.3, 0.4) is 0 Å². The number of unbranched alkanes of at least 4 members (excludes halogenated alkanes) is 17. The van der Waals surface area contributed by atoms with Gasteiger partial charge in [-0.2, -0.15) is 0 Å². The number of rotatable bonds is 51. The molecule has 0 aromatic rings. The lowest BCUT2D eigenvalue weighted by Crippen LogP contribution is -2.47. The quantitative estimate of drug-likeness (QED) is 0.0205. The second-order valence-electron chi connectivity index (χ2n) is 20.4. The maximum atomic E-state index is 13.5. The number of nitrogens with zero attached hydrogens (tertiary/aromatic N) is 1. The molecule has 0 aromatic carbocycles. The number of carbonyl (C=O) groups is 2. The summed E-state index contributed by atoms with van der Waals surface area (Å²) in [6, 6.07) is -0.898. The molecule has 3 atom stereocenters. The molecule has 0 aliphatic heterocycles. The van der Waals surface area contributed by atoms with Crippen molar-refractivity contribution in [1.82, 2.24) is 5.32 Å². The molecule has 2 N–H and O–H groups in total. The number of phosphoric acid groups is 1. The van der Waals surface area contributed by atoms with E-state index in [1.807, 2.05) is 45.4 Å². The van der Waals surface area contributed by atoms with E-state index in [1.165, 1.54) is 77.0 Å². The summed E-state index contributed by atoms with van der Waals surface area (Å²) in [7, 11) is 1.42. The van der Waals surface area contributed by atoms with Gasteiger partial charge in [0.2, 0.25) is 5.91 Å². The van der Waals surface area contributed by atoms with Gasteiger partial charge in [-0.05, 0) is 109 Å². The zero-order valence-electron chi connectivity index (χ0n) is 48.0. The Hall–Kier alpha value is -3.59. The monoisotopic (exact) mass is 1050 g/mol. The Labute approximate surface area is 454 Å². The van der Waals surface area contributed by atoms with Gasteiger partial charge < -0.3 is 19.4 Å². The zero-order valence-corrected chi connectivity index (χ0v) is 48.9. The first-order valence-corrected chi connectivity index (χ1v) is 30.9. The Bertz CT molecular complexity index is 1680. The summed E-state index contributed by atoms with van der Waals surface area (Å²) in [5.41, 5.74) is 0. The molecule has 0 radical (unpaired) electrons. The number of nitrogens with one attached hydrogen (secondary N) is 1. The Morgan fingerprint density at radius 3 is 1.35 bits per heavy atom. The predicted molar refractivity (Wildman–Crippen MR) is 318 cm³/mol. The standard InChI is InChI=1S/C64H109N2O7P/c1-7-10-13-16-19-22-25-28-30-32-33-35-37-39-42-45-48-51-54-57-64(68)73-62(55-52-49-46-43-40-27-24-21-18-15-12-9-3)61(60-72-74(69,70)71-59-58-66(4,5)6)65-63(67)56-53-50-47-44-41-38-36-34-31-29-26-23-20-17-14-11-8-2/h10,13,19-20,22-23,28-31,33,35-36,38-39,42,48,51-52,55,61-62H,7-9,11-12,14-18,21,24-27,32,34,37,40-41,43-47,49-50,53-54,56-60H2,1-6H3,(H-,65,67,69,70)/p+1/b13-10-,22-19-,23-20-,30-28-,31-29-,35-33-,38-36-,42-39-,51-48-,55-52+.